The molecular formula is C13H8ClN3O3S. The molecule has 0 amide bonds. The molecule has 0 saturated heterocycles. The Kier molecular flexibility index (Phi) is 3.36. The lowest BCUT2D eigenvalue weighted by atomic mass is 10.0. The largest absolute Gasteiger partial charge is 0.367 e. The third-order valence-corrected chi connectivity index (χ3v) is 4.02. The predicted octanol–water partition coefficient (Wildman–Crippen LogP) is 4.21. The number of nitrogen functional groups attached to an aromatic ring is 1. The summed E-state index contributed by atoms with van der Waals surface area (Å²) in [6.45, 7) is 0. The van der Waals surface area contributed by atoms with Gasteiger partial charge in [0.15, 0.2) is 0 Å². The highest BCUT2D eigenvalue weighted by Crippen LogP contribution is 2.42. The van der Waals surface area contributed by atoms with Gasteiger partial charge < -0.3 is 10.3 Å². The second-order valence-corrected chi connectivity index (χ2v) is 5.55. The standard InChI is InChI=1S/C13H8ClN3O3S/c14-7-3-4-8(9(6-7)17(18)19)12-11(13(15)20-16-12)10-2-1-5-21-10/h1-6H,15H2. The Balaban J connectivity index is 2.26. The molecule has 0 atom stereocenters. The van der Waals surface area contributed by atoms with Gasteiger partial charge in [-0.3, -0.25) is 10.1 Å². The van der Waals surface area contributed by atoms with Crippen LogP contribution < -0.4 is 5.73 Å². The Morgan fingerprint density at radius 1 is 1.38 bits per heavy atom. The molecule has 0 saturated carbocycles. The molecule has 3 aromatic rings. The number of hydrogen-bond donors (Lipinski definition) is 1. The van der Waals surface area contributed by atoms with Gasteiger partial charge in [-0.1, -0.05) is 22.8 Å². The number of halogens is 1. The van der Waals surface area contributed by atoms with Crippen molar-refractivity contribution in [2.45, 2.75) is 0 Å². The lowest BCUT2D eigenvalue weighted by Gasteiger charge is -2.02. The lowest BCUT2D eigenvalue weighted by molar-refractivity contribution is -0.384. The van der Waals surface area contributed by atoms with E-state index in [9.17, 15) is 10.1 Å². The number of nitro groups is 1. The summed E-state index contributed by atoms with van der Waals surface area (Å²) < 4.78 is 5.02. The highest BCUT2D eigenvalue weighted by Gasteiger charge is 2.25. The molecule has 3 rings (SSSR count). The normalized spacial score (nSPS) is 10.7. The minimum Gasteiger partial charge on any atom is -0.367 e. The zero-order valence-electron chi connectivity index (χ0n) is 10.4. The summed E-state index contributed by atoms with van der Waals surface area (Å²) in [5, 5.41) is 17.2. The van der Waals surface area contributed by atoms with E-state index in [-0.39, 0.29) is 16.6 Å². The monoisotopic (exact) mass is 321 g/mol. The van der Waals surface area contributed by atoms with Gasteiger partial charge in [-0.2, -0.15) is 0 Å². The first-order valence-corrected chi connectivity index (χ1v) is 7.07. The number of benzene rings is 1. The maximum Gasteiger partial charge on any atom is 0.280 e. The Bertz CT molecular complexity index is 814. The van der Waals surface area contributed by atoms with Crippen LogP contribution in [-0.4, -0.2) is 10.1 Å². The highest BCUT2D eigenvalue weighted by molar-refractivity contribution is 7.13. The second-order valence-electron chi connectivity index (χ2n) is 4.17. The van der Waals surface area contributed by atoms with Crippen molar-refractivity contribution in [2.24, 2.45) is 0 Å². The van der Waals surface area contributed by atoms with Crippen molar-refractivity contribution < 1.29 is 9.45 Å². The van der Waals surface area contributed by atoms with Crippen LogP contribution in [0, 0.1) is 10.1 Å². The van der Waals surface area contributed by atoms with Gasteiger partial charge >= 0.3 is 0 Å². The van der Waals surface area contributed by atoms with Crippen molar-refractivity contribution >= 4 is 34.5 Å². The van der Waals surface area contributed by atoms with Crippen LogP contribution in [-0.2, 0) is 0 Å². The maximum absolute atomic E-state index is 11.2. The Morgan fingerprint density at radius 3 is 2.86 bits per heavy atom. The van der Waals surface area contributed by atoms with E-state index in [4.69, 9.17) is 21.9 Å². The smallest absolute Gasteiger partial charge is 0.280 e. The van der Waals surface area contributed by atoms with Crippen molar-refractivity contribution in [1.29, 1.82) is 0 Å². The van der Waals surface area contributed by atoms with E-state index in [1.54, 1.807) is 6.07 Å². The van der Waals surface area contributed by atoms with Crippen LogP contribution in [0.25, 0.3) is 21.7 Å². The van der Waals surface area contributed by atoms with Gasteiger partial charge in [0, 0.05) is 16.0 Å². The number of rotatable bonds is 3. The minimum atomic E-state index is -0.510. The topological polar surface area (TPSA) is 95.2 Å². The molecule has 0 spiro atoms. The molecule has 2 heterocycles. The summed E-state index contributed by atoms with van der Waals surface area (Å²) in [5.74, 6) is 0.122. The fourth-order valence-electron chi connectivity index (χ4n) is 2.00. The Hall–Kier alpha value is -2.38. The van der Waals surface area contributed by atoms with Gasteiger partial charge in [-0.25, -0.2) is 0 Å². The van der Waals surface area contributed by atoms with Crippen molar-refractivity contribution in [3.63, 3.8) is 0 Å². The van der Waals surface area contributed by atoms with E-state index >= 15 is 0 Å². The number of nitrogens with zero attached hydrogens (tertiary/aromatic N) is 2. The average molecular weight is 322 g/mol. The SMILES string of the molecule is Nc1onc(-c2ccc(Cl)cc2[N+](=O)[O-])c1-c1cccs1. The predicted molar refractivity (Wildman–Crippen MR) is 81.3 cm³/mol. The summed E-state index contributed by atoms with van der Waals surface area (Å²) >= 11 is 7.27. The molecular weight excluding hydrogens is 314 g/mol. The van der Waals surface area contributed by atoms with Gasteiger partial charge in [0.1, 0.15) is 5.69 Å². The number of hydrogen-bond acceptors (Lipinski definition) is 6. The molecule has 0 radical (unpaired) electrons. The van der Waals surface area contributed by atoms with Crippen molar-refractivity contribution in [2.75, 3.05) is 5.73 Å². The van der Waals surface area contributed by atoms with Gasteiger partial charge in [-0.05, 0) is 23.6 Å². The van der Waals surface area contributed by atoms with Gasteiger partial charge in [0.05, 0.1) is 16.1 Å². The molecule has 21 heavy (non-hydrogen) atoms. The zero-order chi connectivity index (χ0) is 15.0. The molecule has 8 heteroatoms. The molecule has 0 unspecified atom stereocenters. The Labute approximate surface area is 127 Å². The lowest BCUT2D eigenvalue weighted by Crippen LogP contribution is -1.93. The van der Waals surface area contributed by atoms with Crippen LogP contribution in [0.1, 0.15) is 0 Å². The Morgan fingerprint density at radius 2 is 2.19 bits per heavy atom. The van der Waals surface area contributed by atoms with Crippen LogP contribution in [0.5, 0.6) is 0 Å². The molecule has 2 N–H and O–H groups in total. The van der Waals surface area contributed by atoms with Crippen LogP contribution in [0.2, 0.25) is 5.02 Å². The first-order valence-electron chi connectivity index (χ1n) is 5.81. The van der Waals surface area contributed by atoms with Gasteiger partial charge in [0.2, 0.25) is 5.88 Å². The van der Waals surface area contributed by atoms with Crippen molar-refractivity contribution in [3.8, 4) is 21.7 Å². The molecule has 0 aliphatic heterocycles. The van der Waals surface area contributed by atoms with E-state index in [1.165, 1.54) is 23.5 Å². The minimum absolute atomic E-state index is 0.122. The van der Waals surface area contributed by atoms with E-state index < -0.39 is 4.92 Å². The van der Waals surface area contributed by atoms with Crippen molar-refractivity contribution in [1.82, 2.24) is 5.16 Å². The summed E-state index contributed by atoms with van der Waals surface area (Å²) in [6.07, 6.45) is 0. The summed E-state index contributed by atoms with van der Waals surface area (Å²) in [7, 11) is 0. The average Bonchev–Trinajstić information content (AvgIpc) is 3.07. The molecule has 2 aromatic heterocycles. The number of thiophene rings is 1. The summed E-state index contributed by atoms with van der Waals surface area (Å²) in [4.78, 5) is 11.5. The molecule has 0 aliphatic rings. The number of nitro benzene ring substituents is 1. The third-order valence-electron chi connectivity index (χ3n) is 2.90. The number of anilines is 1. The molecule has 0 bridgehead atoms. The molecule has 1 aromatic carbocycles. The van der Waals surface area contributed by atoms with E-state index in [1.807, 2.05) is 17.5 Å². The summed E-state index contributed by atoms with van der Waals surface area (Å²) in [6, 6.07) is 8.08. The number of aromatic nitrogens is 1. The fraction of sp³-hybridized carbons (Fsp3) is 0. The van der Waals surface area contributed by atoms with Crippen LogP contribution in [0.15, 0.2) is 40.2 Å². The van der Waals surface area contributed by atoms with Crippen LogP contribution in [0.4, 0.5) is 11.6 Å². The van der Waals surface area contributed by atoms with Crippen molar-refractivity contribution in [3.05, 3.63) is 50.8 Å². The van der Waals surface area contributed by atoms with Gasteiger partial charge in [0.25, 0.3) is 5.69 Å². The van der Waals surface area contributed by atoms with Gasteiger partial charge in [-0.15, -0.1) is 11.3 Å². The molecule has 0 fully saturated rings. The maximum atomic E-state index is 11.2. The van der Waals surface area contributed by atoms with Crippen LogP contribution >= 0.6 is 22.9 Å². The van der Waals surface area contributed by atoms with E-state index in [0.29, 0.717) is 16.8 Å². The fourth-order valence-corrected chi connectivity index (χ4v) is 2.94. The van der Waals surface area contributed by atoms with E-state index in [0.717, 1.165) is 4.88 Å². The zero-order valence-corrected chi connectivity index (χ0v) is 12.0. The molecule has 106 valence electrons. The highest BCUT2D eigenvalue weighted by atomic mass is 35.5. The third kappa shape index (κ3) is 2.37. The first kappa shape index (κ1) is 13.6. The first-order chi connectivity index (χ1) is 10.1. The quantitative estimate of drug-likeness (QED) is 0.575. The molecule has 0 aliphatic carbocycles. The van der Waals surface area contributed by atoms with E-state index in [2.05, 4.69) is 5.16 Å². The van der Waals surface area contributed by atoms with Crippen LogP contribution in [0.3, 0.4) is 0 Å². The second kappa shape index (κ2) is 5.19. The molecule has 6 nitrogen and oxygen atoms in total. The summed E-state index contributed by atoms with van der Waals surface area (Å²) in [5.41, 5.74) is 6.86. The number of nitrogens with two attached hydrogens (primary N) is 1.